The van der Waals surface area contributed by atoms with Crippen molar-refractivity contribution in [1.82, 2.24) is 0 Å². The Kier molecular flexibility index (Phi) is 3.10. The molecular weight excluding hydrogens is 226 g/mol. The third kappa shape index (κ3) is 2.07. The van der Waals surface area contributed by atoms with Crippen molar-refractivity contribution in [3.8, 4) is 10.4 Å². The topological polar surface area (TPSA) is 26.0 Å². The molecule has 1 aromatic carbocycles. The number of hydrogen-bond acceptors (Lipinski definition) is 2. The molecule has 1 nitrogen and oxygen atoms in total. The van der Waals surface area contributed by atoms with E-state index in [0.717, 1.165) is 10.6 Å². The second-order valence-corrected chi connectivity index (χ2v) is 4.96. The first-order chi connectivity index (χ1) is 7.22. The van der Waals surface area contributed by atoms with Crippen LogP contribution >= 0.6 is 22.9 Å². The molecule has 15 heavy (non-hydrogen) atoms. The van der Waals surface area contributed by atoms with E-state index in [-0.39, 0.29) is 0 Å². The quantitative estimate of drug-likeness (QED) is 0.844. The molecule has 2 N–H and O–H groups in total. The Morgan fingerprint density at radius 2 is 2.07 bits per heavy atom. The Bertz CT molecular complexity index is 476. The van der Waals surface area contributed by atoms with Gasteiger partial charge in [-0.2, -0.15) is 0 Å². The molecule has 2 rings (SSSR count). The fourth-order valence-corrected chi connectivity index (χ4v) is 2.65. The standard InChI is InChI=1S/C12H12ClNS/c1-8-10(3-2-4-11(8)13)12-6-5-9(7-14)15-12/h2-6H,7,14H2,1H3. The van der Waals surface area contributed by atoms with Crippen LogP contribution in [0.4, 0.5) is 0 Å². The summed E-state index contributed by atoms with van der Waals surface area (Å²) in [5, 5.41) is 0.815. The van der Waals surface area contributed by atoms with Crippen LogP contribution in [0.25, 0.3) is 10.4 Å². The molecule has 0 aliphatic heterocycles. The fraction of sp³-hybridized carbons (Fsp3) is 0.167. The van der Waals surface area contributed by atoms with E-state index in [1.807, 2.05) is 19.1 Å². The maximum atomic E-state index is 6.08. The summed E-state index contributed by atoms with van der Waals surface area (Å²) in [6, 6.07) is 10.2. The summed E-state index contributed by atoms with van der Waals surface area (Å²) in [7, 11) is 0. The summed E-state index contributed by atoms with van der Waals surface area (Å²) >= 11 is 7.81. The summed E-state index contributed by atoms with van der Waals surface area (Å²) < 4.78 is 0. The van der Waals surface area contributed by atoms with E-state index in [1.165, 1.54) is 15.3 Å². The molecule has 0 atom stereocenters. The van der Waals surface area contributed by atoms with Gasteiger partial charge >= 0.3 is 0 Å². The molecule has 0 bridgehead atoms. The van der Waals surface area contributed by atoms with Gasteiger partial charge in [0.2, 0.25) is 0 Å². The van der Waals surface area contributed by atoms with Crippen LogP contribution in [0.3, 0.4) is 0 Å². The zero-order valence-corrected chi connectivity index (χ0v) is 10.0. The van der Waals surface area contributed by atoms with Gasteiger partial charge in [0.05, 0.1) is 0 Å². The molecule has 1 aromatic heterocycles. The average Bonchev–Trinajstić information content (AvgIpc) is 2.70. The van der Waals surface area contributed by atoms with Gasteiger partial charge in [-0.15, -0.1) is 11.3 Å². The highest BCUT2D eigenvalue weighted by atomic mass is 35.5. The van der Waals surface area contributed by atoms with Crippen molar-refractivity contribution in [2.45, 2.75) is 13.5 Å². The molecule has 1 heterocycles. The first-order valence-electron chi connectivity index (χ1n) is 4.76. The summed E-state index contributed by atoms with van der Waals surface area (Å²) in [6.07, 6.45) is 0. The van der Waals surface area contributed by atoms with E-state index in [1.54, 1.807) is 11.3 Å². The van der Waals surface area contributed by atoms with Crippen LogP contribution in [-0.4, -0.2) is 0 Å². The highest BCUT2D eigenvalue weighted by Gasteiger charge is 2.06. The van der Waals surface area contributed by atoms with Crippen molar-refractivity contribution in [3.63, 3.8) is 0 Å². The molecule has 78 valence electrons. The third-order valence-corrected chi connectivity index (χ3v) is 3.95. The first-order valence-corrected chi connectivity index (χ1v) is 5.96. The van der Waals surface area contributed by atoms with Crippen LogP contribution < -0.4 is 5.73 Å². The van der Waals surface area contributed by atoms with Crippen LogP contribution in [0.2, 0.25) is 5.02 Å². The number of benzene rings is 1. The summed E-state index contributed by atoms with van der Waals surface area (Å²) in [4.78, 5) is 2.43. The number of halogens is 1. The smallest absolute Gasteiger partial charge is 0.0441 e. The van der Waals surface area contributed by atoms with Crippen molar-refractivity contribution in [1.29, 1.82) is 0 Å². The van der Waals surface area contributed by atoms with Crippen LogP contribution in [0.1, 0.15) is 10.4 Å². The lowest BCUT2D eigenvalue weighted by molar-refractivity contribution is 1.11. The van der Waals surface area contributed by atoms with Gasteiger partial charge in [-0.1, -0.05) is 23.7 Å². The van der Waals surface area contributed by atoms with Gasteiger partial charge < -0.3 is 5.73 Å². The Morgan fingerprint density at radius 1 is 1.27 bits per heavy atom. The van der Waals surface area contributed by atoms with E-state index >= 15 is 0 Å². The molecule has 0 radical (unpaired) electrons. The predicted molar refractivity (Wildman–Crippen MR) is 67.4 cm³/mol. The normalized spacial score (nSPS) is 10.6. The Morgan fingerprint density at radius 3 is 2.73 bits per heavy atom. The highest BCUT2D eigenvalue weighted by Crippen LogP contribution is 2.33. The minimum Gasteiger partial charge on any atom is -0.326 e. The lowest BCUT2D eigenvalue weighted by Gasteiger charge is -2.04. The van der Waals surface area contributed by atoms with Crippen molar-refractivity contribution >= 4 is 22.9 Å². The minimum absolute atomic E-state index is 0.601. The molecule has 0 spiro atoms. The Labute approximate surface area is 98.5 Å². The van der Waals surface area contributed by atoms with E-state index in [4.69, 9.17) is 17.3 Å². The predicted octanol–water partition coefficient (Wildman–Crippen LogP) is 3.84. The van der Waals surface area contributed by atoms with Crippen molar-refractivity contribution in [2.24, 2.45) is 5.73 Å². The minimum atomic E-state index is 0.601. The van der Waals surface area contributed by atoms with E-state index in [0.29, 0.717) is 6.54 Å². The van der Waals surface area contributed by atoms with Crippen molar-refractivity contribution < 1.29 is 0 Å². The number of thiophene rings is 1. The number of hydrogen-bond donors (Lipinski definition) is 1. The van der Waals surface area contributed by atoms with Gasteiger partial charge in [-0.25, -0.2) is 0 Å². The van der Waals surface area contributed by atoms with Gasteiger partial charge in [-0.3, -0.25) is 0 Å². The lowest BCUT2D eigenvalue weighted by atomic mass is 10.1. The maximum absolute atomic E-state index is 6.08. The van der Waals surface area contributed by atoms with E-state index < -0.39 is 0 Å². The number of rotatable bonds is 2. The third-order valence-electron chi connectivity index (χ3n) is 2.40. The average molecular weight is 238 g/mol. The molecule has 0 amide bonds. The molecule has 0 fully saturated rings. The van der Waals surface area contributed by atoms with E-state index in [9.17, 15) is 0 Å². The summed E-state index contributed by atoms with van der Waals surface area (Å²) in [6.45, 7) is 2.64. The zero-order chi connectivity index (χ0) is 10.8. The fourth-order valence-electron chi connectivity index (χ4n) is 1.51. The van der Waals surface area contributed by atoms with Crippen LogP contribution in [-0.2, 0) is 6.54 Å². The van der Waals surface area contributed by atoms with Crippen LogP contribution in [0.15, 0.2) is 30.3 Å². The Hall–Kier alpha value is -0.830. The van der Waals surface area contributed by atoms with Gasteiger partial charge in [0.15, 0.2) is 0 Å². The van der Waals surface area contributed by atoms with Crippen LogP contribution in [0.5, 0.6) is 0 Å². The largest absolute Gasteiger partial charge is 0.326 e. The van der Waals surface area contributed by atoms with E-state index in [2.05, 4.69) is 18.2 Å². The van der Waals surface area contributed by atoms with Crippen LogP contribution in [0, 0.1) is 6.92 Å². The summed E-state index contributed by atoms with van der Waals surface area (Å²) in [5.41, 5.74) is 7.92. The monoisotopic (exact) mass is 237 g/mol. The van der Waals surface area contributed by atoms with Gasteiger partial charge in [0.1, 0.15) is 0 Å². The molecule has 0 unspecified atom stereocenters. The SMILES string of the molecule is Cc1c(Cl)cccc1-c1ccc(CN)s1. The molecule has 0 saturated heterocycles. The molecule has 0 saturated carbocycles. The molecular formula is C12H12ClNS. The van der Waals surface area contributed by atoms with Gasteiger partial charge in [0, 0.05) is 21.3 Å². The highest BCUT2D eigenvalue weighted by molar-refractivity contribution is 7.15. The van der Waals surface area contributed by atoms with Gasteiger partial charge in [0.25, 0.3) is 0 Å². The maximum Gasteiger partial charge on any atom is 0.0441 e. The molecule has 3 heteroatoms. The Balaban J connectivity index is 2.49. The number of nitrogens with two attached hydrogens (primary N) is 1. The molecule has 0 aliphatic rings. The molecule has 2 aromatic rings. The summed E-state index contributed by atoms with van der Waals surface area (Å²) in [5.74, 6) is 0. The second-order valence-electron chi connectivity index (χ2n) is 3.38. The zero-order valence-electron chi connectivity index (χ0n) is 8.46. The molecule has 0 aliphatic carbocycles. The van der Waals surface area contributed by atoms with Crippen molar-refractivity contribution in [2.75, 3.05) is 0 Å². The first kappa shape index (κ1) is 10.7. The van der Waals surface area contributed by atoms with Crippen molar-refractivity contribution in [3.05, 3.63) is 45.8 Å². The second kappa shape index (κ2) is 4.35. The van der Waals surface area contributed by atoms with Gasteiger partial charge in [-0.05, 0) is 36.2 Å². The lowest BCUT2D eigenvalue weighted by Crippen LogP contribution is -1.91.